The molecule has 0 radical (unpaired) electrons. The lowest BCUT2D eigenvalue weighted by molar-refractivity contribution is -0.144. The molecular formula is C15H15BrFNO3. The van der Waals surface area contributed by atoms with Crippen LogP contribution in [-0.2, 0) is 4.79 Å². The largest absolute Gasteiger partial charge is 0.481 e. The van der Waals surface area contributed by atoms with Gasteiger partial charge in [-0.2, -0.15) is 0 Å². The van der Waals surface area contributed by atoms with E-state index in [9.17, 15) is 19.1 Å². The van der Waals surface area contributed by atoms with Crippen LogP contribution in [0.15, 0.2) is 22.7 Å². The van der Waals surface area contributed by atoms with E-state index in [4.69, 9.17) is 0 Å². The molecule has 0 aliphatic heterocycles. The number of benzene rings is 1. The molecule has 0 aromatic heterocycles. The van der Waals surface area contributed by atoms with Gasteiger partial charge in [-0.1, -0.05) is 0 Å². The third-order valence-corrected chi connectivity index (χ3v) is 5.29. The molecule has 1 aromatic carbocycles. The number of rotatable bonds is 3. The number of hydrogen-bond acceptors (Lipinski definition) is 2. The van der Waals surface area contributed by atoms with E-state index in [0.29, 0.717) is 5.56 Å². The van der Waals surface area contributed by atoms with Crippen LogP contribution in [0, 0.1) is 23.6 Å². The first kappa shape index (κ1) is 14.5. The van der Waals surface area contributed by atoms with Crippen molar-refractivity contribution in [1.82, 2.24) is 5.32 Å². The predicted octanol–water partition coefficient (Wildman–Crippen LogP) is 2.82. The van der Waals surface area contributed by atoms with Crippen molar-refractivity contribution in [2.75, 3.05) is 0 Å². The van der Waals surface area contributed by atoms with Gasteiger partial charge in [-0.15, -0.1) is 0 Å². The average Bonchev–Trinajstić information content (AvgIpc) is 3.02. The summed E-state index contributed by atoms with van der Waals surface area (Å²) in [5, 5.41) is 12.2. The minimum atomic E-state index is -0.840. The fraction of sp³-hybridized carbons (Fsp3) is 0.467. The molecular weight excluding hydrogens is 341 g/mol. The van der Waals surface area contributed by atoms with Crippen LogP contribution in [0.25, 0.3) is 0 Å². The molecule has 2 fully saturated rings. The zero-order valence-corrected chi connectivity index (χ0v) is 12.8. The summed E-state index contributed by atoms with van der Waals surface area (Å²) in [5.74, 6) is -1.72. The lowest BCUT2D eigenvalue weighted by Gasteiger charge is -2.28. The quantitative estimate of drug-likeness (QED) is 0.875. The molecule has 1 aromatic rings. The van der Waals surface area contributed by atoms with Crippen LogP contribution in [0.1, 0.15) is 29.6 Å². The Balaban J connectivity index is 1.77. The topological polar surface area (TPSA) is 66.4 Å². The van der Waals surface area contributed by atoms with Gasteiger partial charge in [0.1, 0.15) is 5.82 Å². The fourth-order valence-corrected chi connectivity index (χ4v) is 4.11. The molecule has 2 N–H and O–H groups in total. The molecule has 4 unspecified atom stereocenters. The number of carboxylic acids is 1. The highest BCUT2D eigenvalue weighted by atomic mass is 79.9. The van der Waals surface area contributed by atoms with Gasteiger partial charge in [0.25, 0.3) is 5.91 Å². The summed E-state index contributed by atoms with van der Waals surface area (Å²) < 4.78 is 13.4. The molecule has 4 atom stereocenters. The molecule has 2 saturated carbocycles. The summed E-state index contributed by atoms with van der Waals surface area (Å²) in [4.78, 5) is 23.7. The van der Waals surface area contributed by atoms with Crippen molar-refractivity contribution in [3.8, 4) is 0 Å². The van der Waals surface area contributed by atoms with E-state index in [0.717, 1.165) is 19.3 Å². The number of carbonyl (C=O) groups excluding carboxylic acids is 1. The Hall–Kier alpha value is -1.43. The zero-order chi connectivity index (χ0) is 15.1. The maximum atomic E-state index is 13.2. The Kier molecular flexibility index (Phi) is 3.73. The highest BCUT2D eigenvalue weighted by Crippen LogP contribution is 2.48. The first-order valence-electron chi connectivity index (χ1n) is 6.96. The van der Waals surface area contributed by atoms with Crippen molar-refractivity contribution < 1.29 is 19.1 Å². The standard InChI is InChI=1S/C15H15BrFNO3/c16-10-6-9(3-4-11(10)17)14(19)18-13-8-2-1-7(5-8)12(13)15(20)21/h3-4,6-8,12-13H,1-2,5H2,(H,18,19)(H,20,21). The van der Waals surface area contributed by atoms with Gasteiger partial charge < -0.3 is 10.4 Å². The molecule has 2 bridgehead atoms. The van der Waals surface area contributed by atoms with Crippen molar-refractivity contribution in [3.63, 3.8) is 0 Å². The third kappa shape index (κ3) is 2.57. The third-order valence-electron chi connectivity index (χ3n) is 4.68. The van der Waals surface area contributed by atoms with E-state index in [-0.39, 0.29) is 28.3 Å². The summed E-state index contributed by atoms with van der Waals surface area (Å²) in [6.07, 6.45) is 2.76. The number of nitrogens with one attached hydrogen (secondary N) is 1. The van der Waals surface area contributed by atoms with Gasteiger partial charge in [0.2, 0.25) is 0 Å². The van der Waals surface area contributed by atoms with E-state index < -0.39 is 17.7 Å². The summed E-state index contributed by atoms with van der Waals surface area (Å²) in [6, 6.07) is 3.71. The van der Waals surface area contributed by atoms with Crippen molar-refractivity contribution in [2.24, 2.45) is 17.8 Å². The maximum Gasteiger partial charge on any atom is 0.308 e. The van der Waals surface area contributed by atoms with Crippen LogP contribution >= 0.6 is 15.9 Å². The monoisotopic (exact) mass is 355 g/mol. The van der Waals surface area contributed by atoms with Crippen LogP contribution in [0.5, 0.6) is 0 Å². The average molecular weight is 356 g/mol. The Labute approximate surface area is 129 Å². The first-order chi connectivity index (χ1) is 9.97. The second-order valence-electron chi connectivity index (χ2n) is 5.83. The number of carboxylic acid groups (broad SMARTS) is 1. The fourth-order valence-electron chi connectivity index (χ4n) is 3.73. The van der Waals surface area contributed by atoms with Crippen LogP contribution in [-0.4, -0.2) is 23.0 Å². The second kappa shape index (κ2) is 5.40. The minimum Gasteiger partial charge on any atom is -0.481 e. The van der Waals surface area contributed by atoms with Crippen molar-refractivity contribution in [3.05, 3.63) is 34.1 Å². The van der Waals surface area contributed by atoms with E-state index in [1.54, 1.807) is 0 Å². The predicted molar refractivity (Wildman–Crippen MR) is 77.3 cm³/mol. The Morgan fingerprint density at radius 2 is 2.00 bits per heavy atom. The number of hydrogen-bond donors (Lipinski definition) is 2. The van der Waals surface area contributed by atoms with E-state index >= 15 is 0 Å². The second-order valence-corrected chi connectivity index (χ2v) is 6.68. The number of fused-ring (bicyclic) bond motifs is 2. The molecule has 1 amide bonds. The summed E-state index contributed by atoms with van der Waals surface area (Å²) in [5.41, 5.74) is 0.329. The molecule has 112 valence electrons. The van der Waals surface area contributed by atoms with Gasteiger partial charge >= 0.3 is 5.97 Å². The van der Waals surface area contributed by atoms with Crippen molar-refractivity contribution in [2.45, 2.75) is 25.3 Å². The van der Waals surface area contributed by atoms with Crippen LogP contribution < -0.4 is 5.32 Å². The number of halogens is 2. The highest BCUT2D eigenvalue weighted by Gasteiger charge is 2.51. The van der Waals surface area contributed by atoms with E-state index in [1.165, 1.54) is 18.2 Å². The molecule has 4 nitrogen and oxygen atoms in total. The Bertz CT molecular complexity index is 607. The summed E-state index contributed by atoms with van der Waals surface area (Å²) in [6.45, 7) is 0. The van der Waals surface area contributed by atoms with Gasteiger partial charge in [-0.05, 0) is 65.2 Å². The highest BCUT2D eigenvalue weighted by molar-refractivity contribution is 9.10. The summed E-state index contributed by atoms with van der Waals surface area (Å²) in [7, 11) is 0. The van der Waals surface area contributed by atoms with Gasteiger partial charge in [0.05, 0.1) is 10.4 Å². The van der Waals surface area contributed by atoms with Gasteiger partial charge in [0, 0.05) is 11.6 Å². The molecule has 2 aliphatic carbocycles. The lowest BCUT2D eigenvalue weighted by atomic mass is 9.84. The van der Waals surface area contributed by atoms with Crippen LogP contribution in [0.4, 0.5) is 4.39 Å². The summed E-state index contributed by atoms with van der Waals surface area (Å²) >= 11 is 3.05. The normalized spacial score (nSPS) is 30.4. The van der Waals surface area contributed by atoms with Crippen LogP contribution in [0.3, 0.4) is 0 Å². The van der Waals surface area contributed by atoms with Crippen molar-refractivity contribution in [1.29, 1.82) is 0 Å². The zero-order valence-electron chi connectivity index (χ0n) is 11.2. The minimum absolute atomic E-state index is 0.165. The molecule has 0 heterocycles. The van der Waals surface area contributed by atoms with Gasteiger partial charge in [0.15, 0.2) is 0 Å². The number of aliphatic carboxylic acids is 1. The van der Waals surface area contributed by atoms with Crippen molar-refractivity contribution >= 4 is 27.8 Å². The Morgan fingerprint density at radius 3 is 2.67 bits per heavy atom. The molecule has 6 heteroatoms. The SMILES string of the molecule is O=C(NC1C2CCC(C2)C1C(=O)O)c1ccc(F)c(Br)c1. The molecule has 21 heavy (non-hydrogen) atoms. The molecule has 3 rings (SSSR count). The van der Waals surface area contributed by atoms with Gasteiger partial charge in [-0.3, -0.25) is 9.59 Å². The number of amides is 1. The lowest BCUT2D eigenvalue weighted by Crippen LogP contribution is -2.46. The van der Waals surface area contributed by atoms with E-state index in [1.807, 2.05) is 0 Å². The molecule has 0 spiro atoms. The number of carbonyl (C=O) groups is 2. The van der Waals surface area contributed by atoms with E-state index in [2.05, 4.69) is 21.2 Å². The smallest absolute Gasteiger partial charge is 0.308 e. The molecule has 2 aliphatic rings. The molecule has 0 saturated heterocycles. The maximum absolute atomic E-state index is 13.2. The first-order valence-corrected chi connectivity index (χ1v) is 7.75. The Morgan fingerprint density at radius 1 is 1.29 bits per heavy atom. The van der Waals surface area contributed by atoms with Crippen LogP contribution in [0.2, 0.25) is 0 Å². The van der Waals surface area contributed by atoms with Gasteiger partial charge in [-0.25, -0.2) is 4.39 Å².